The van der Waals surface area contributed by atoms with E-state index in [0.717, 1.165) is 22.6 Å². The molecule has 28 heavy (non-hydrogen) atoms. The first-order chi connectivity index (χ1) is 13.7. The predicted octanol–water partition coefficient (Wildman–Crippen LogP) is 4.42. The number of carbonyl (C=O) groups excluding carboxylic acids is 1. The lowest BCUT2D eigenvalue weighted by atomic mass is 10.2. The van der Waals surface area contributed by atoms with Gasteiger partial charge in [0.1, 0.15) is 18.2 Å². The molecule has 2 aromatic carbocycles. The summed E-state index contributed by atoms with van der Waals surface area (Å²) in [5.41, 5.74) is 3.16. The number of hydrogen-bond acceptors (Lipinski definition) is 4. The molecule has 0 atom stereocenters. The fourth-order valence-corrected chi connectivity index (χ4v) is 3.69. The van der Waals surface area contributed by atoms with Gasteiger partial charge in [-0.3, -0.25) is 4.79 Å². The SMILES string of the molecule is Cc1ccc(OCCn2c(CNC(=O)c3cccs3)nc3ccccc32)cc1. The second kappa shape index (κ2) is 8.27. The van der Waals surface area contributed by atoms with Crippen LogP contribution in [0, 0.1) is 6.92 Å². The van der Waals surface area contributed by atoms with Gasteiger partial charge in [0.15, 0.2) is 0 Å². The van der Waals surface area contributed by atoms with Gasteiger partial charge in [0, 0.05) is 0 Å². The van der Waals surface area contributed by atoms with Crippen molar-refractivity contribution in [1.82, 2.24) is 14.9 Å². The molecule has 6 heteroatoms. The molecule has 5 nitrogen and oxygen atoms in total. The Balaban J connectivity index is 1.48. The average molecular weight is 391 g/mol. The van der Waals surface area contributed by atoms with Crippen LogP contribution < -0.4 is 10.1 Å². The normalized spacial score (nSPS) is 10.9. The minimum Gasteiger partial charge on any atom is -0.492 e. The molecular weight excluding hydrogens is 370 g/mol. The highest BCUT2D eigenvalue weighted by Crippen LogP contribution is 2.17. The minimum atomic E-state index is -0.0792. The maximum atomic E-state index is 12.3. The van der Waals surface area contributed by atoms with Crippen LogP contribution in [0.3, 0.4) is 0 Å². The van der Waals surface area contributed by atoms with E-state index in [1.807, 2.05) is 66.0 Å². The van der Waals surface area contributed by atoms with E-state index in [2.05, 4.69) is 16.8 Å². The number of carbonyl (C=O) groups is 1. The van der Waals surface area contributed by atoms with E-state index in [4.69, 9.17) is 9.72 Å². The summed E-state index contributed by atoms with van der Waals surface area (Å²) in [6.45, 7) is 3.60. The summed E-state index contributed by atoms with van der Waals surface area (Å²) < 4.78 is 8.00. The van der Waals surface area contributed by atoms with Crippen LogP contribution in [-0.4, -0.2) is 22.1 Å². The van der Waals surface area contributed by atoms with Gasteiger partial charge in [-0.25, -0.2) is 4.98 Å². The van der Waals surface area contributed by atoms with E-state index in [0.29, 0.717) is 24.6 Å². The zero-order valence-corrected chi connectivity index (χ0v) is 16.4. The van der Waals surface area contributed by atoms with E-state index in [-0.39, 0.29) is 5.91 Å². The fraction of sp³-hybridized carbons (Fsp3) is 0.182. The molecule has 4 aromatic rings. The molecule has 0 fully saturated rings. The monoisotopic (exact) mass is 391 g/mol. The van der Waals surface area contributed by atoms with Crippen molar-refractivity contribution in [3.63, 3.8) is 0 Å². The van der Waals surface area contributed by atoms with E-state index in [1.165, 1.54) is 16.9 Å². The number of para-hydroxylation sites is 2. The maximum absolute atomic E-state index is 12.3. The number of aryl methyl sites for hydroxylation is 1. The number of rotatable bonds is 7. The highest BCUT2D eigenvalue weighted by molar-refractivity contribution is 7.12. The molecule has 0 aliphatic heterocycles. The topological polar surface area (TPSA) is 56.1 Å². The summed E-state index contributed by atoms with van der Waals surface area (Å²) in [5.74, 6) is 1.59. The smallest absolute Gasteiger partial charge is 0.261 e. The van der Waals surface area contributed by atoms with Crippen LogP contribution >= 0.6 is 11.3 Å². The lowest BCUT2D eigenvalue weighted by Gasteiger charge is -2.11. The highest BCUT2D eigenvalue weighted by atomic mass is 32.1. The summed E-state index contributed by atoms with van der Waals surface area (Å²) in [4.78, 5) is 17.7. The van der Waals surface area contributed by atoms with Gasteiger partial charge in [0.25, 0.3) is 5.91 Å². The Morgan fingerprint density at radius 2 is 1.93 bits per heavy atom. The predicted molar refractivity (Wildman–Crippen MR) is 112 cm³/mol. The van der Waals surface area contributed by atoms with Crippen LogP contribution in [0.5, 0.6) is 5.75 Å². The number of aromatic nitrogens is 2. The van der Waals surface area contributed by atoms with Gasteiger partial charge in [0.05, 0.1) is 29.0 Å². The molecule has 142 valence electrons. The third-order valence-electron chi connectivity index (χ3n) is 4.49. The highest BCUT2D eigenvalue weighted by Gasteiger charge is 2.13. The van der Waals surface area contributed by atoms with Crippen molar-refractivity contribution >= 4 is 28.3 Å². The van der Waals surface area contributed by atoms with Gasteiger partial charge in [0.2, 0.25) is 0 Å². The number of ether oxygens (including phenoxy) is 1. The maximum Gasteiger partial charge on any atom is 0.261 e. The molecule has 0 saturated carbocycles. The Labute approximate surface area is 167 Å². The van der Waals surface area contributed by atoms with Gasteiger partial charge in [-0.2, -0.15) is 0 Å². The van der Waals surface area contributed by atoms with E-state index in [9.17, 15) is 4.79 Å². The molecule has 2 aromatic heterocycles. The zero-order chi connectivity index (χ0) is 19.3. The van der Waals surface area contributed by atoms with E-state index < -0.39 is 0 Å². The largest absolute Gasteiger partial charge is 0.492 e. The Morgan fingerprint density at radius 1 is 1.11 bits per heavy atom. The quantitative estimate of drug-likeness (QED) is 0.507. The Morgan fingerprint density at radius 3 is 2.71 bits per heavy atom. The number of thiophene rings is 1. The Hall–Kier alpha value is -3.12. The third-order valence-corrected chi connectivity index (χ3v) is 5.36. The van der Waals surface area contributed by atoms with Crippen LogP contribution in [0.2, 0.25) is 0 Å². The van der Waals surface area contributed by atoms with Gasteiger partial charge in [-0.1, -0.05) is 35.9 Å². The van der Waals surface area contributed by atoms with Gasteiger partial charge in [-0.15, -0.1) is 11.3 Å². The summed E-state index contributed by atoms with van der Waals surface area (Å²) in [5, 5.41) is 4.86. The van der Waals surface area contributed by atoms with Crippen molar-refractivity contribution in [2.45, 2.75) is 20.0 Å². The van der Waals surface area contributed by atoms with Crippen molar-refractivity contribution in [2.24, 2.45) is 0 Å². The van der Waals surface area contributed by atoms with Crippen LogP contribution in [0.15, 0.2) is 66.0 Å². The number of amides is 1. The molecule has 0 unspecified atom stereocenters. The summed E-state index contributed by atoms with van der Waals surface area (Å²) in [7, 11) is 0. The molecule has 2 heterocycles. The first-order valence-electron chi connectivity index (χ1n) is 9.16. The van der Waals surface area contributed by atoms with Gasteiger partial charge in [-0.05, 0) is 42.6 Å². The van der Waals surface area contributed by atoms with E-state index >= 15 is 0 Å². The first-order valence-corrected chi connectivity index (χ1v) is 10.0. The second-order valence-electron chi connectivity index (χ2n) is 6.49. The summed E-state index contributed by atoms with van der Waals surface area (Å²) in [6, 6.07) is 19.7. The van der Waals surface area contributed by atoms with Crippen LogP contribution in [0.4, 0.5) is 0 Å². The number of hydrogen-bond donors (Lipinski definition) is 1. The summed E-state index contributed by atoms with van der Waals surface area (Å²) in [6.07, 6.45) is 0. The molecule has 1 N–H and O–H groups in total. The lowest BCUT2D eigenvalue weighted by molar-refractivity contribution is 0.0953. The van der Waals surface area contributed by atoms with Gasteiger partial charge >= 0.3 is 0 Å². The zero-order valence-electron chi connectivity index (χ0n) is 15.6. The van der Waals surface area contributed by atoms with Crippen LogP contribution in [0.25, 0.3) is 11.0 Å². The van der Waals surface area contributed by atoms with Crippen molar-refractivity contribution in [3.8, 4) is 5.75 Å². The molecule has 1 amide bonds. The first kappa shape index (κ1) is 18.3. The summed E-state index contributed by atoms with van der Waals surface area (Å²) >= 11 is 1.43. The van der Waals surface area contributed by atoms with Crippen LogP contribution in [-0.2, 0) is 13.1 Å². The molecule has 0 aliphatic carbocycles. The third kappa shape index (κ3) is 4.07. The molecule has 0 aliphatic rings. The Kier molecular flexibility index (Phi) is 5.39. The molecule has 4 rings (SSSR count). The average Bonchev–Trinajstić information content (AvgIpc) is 3.36. The number of nitrogens with one attached hydrogen (secondary N) is 1. The van der Waals surface area contributed by atoms with Crippen molar-refractivity contribution < 1.29 is 9.53 Å². The lowest BCUT2D eigenvalue weighted by Crippen LogP contribution is -2.24. The van der Waals surface area contributed by atoms with Crippen molar-refractivity contribution in [1.29, 1.82) is 0 Å². The van der Waals surface area contributed by atoms with Crippen LogP contribution in [0.1, 0.15) is 21.1 Å². The van der Waals surface area contributed by atoms with E-state index in [1.54, 1.807) is 0 Å². The molecule has 0 radical (unpaired) electrons. The number of fused-ring (bicyclic) bond motifs is 1. The molecule has 0 spiro atoms. The Bertz CT molecular complexity index is 1070. The molecule has 0 saturated heterocycles. The second-order valence-corrected chi connectivity index (χ2v) is 7.44. The fourth-order valence-electron chi connectivity index (χ4n) is 3.05. The number of imidazole rings is 1. The number of benzene rings is 2. The number of nitrogens with zero attached hydrogens (tertiary/aromatic N) is 2. The molecular formula is C22H21N3O2S. The van der Waals surface area contributed by atoms with Crippen molar-refractivity contribution in [2.75, 3.05) is 6.61 Å². The van der Waals surface area contributed by atoms with Crippen molar-refractivity contribution in [3.05, 3.63) is 82.3 Å². The van der Waals surface area contributed by atoms with Gasteiger partial charge < -0.3 is 14.6 Å². The minimum absolute atomic E-state index is 0.0792. The molecule has 0 bridgehead atoms. The standard InChI is InChI=1S/C22H21N3O2S/c1-16-8-10-17(11-9-16)27-13-12-25-19-6-3-2-5-18(19)24-21(25)15-23-22(26)20-7-4-14-28-20/h2-11,14H,12-13,15H2,1H3,(H,23,26).